The molecule has 0 N–H and O–H groups in total. The molecule has 0 atom stereocenters. The first-order chi connectivity index (χ1) is 11.5. The van der Waals surface area contributed by atoms with Gasteiger partial charge >= 0.3 is 5.97 Å². The van der Waals surface area contributed by atoms with Crippen molar-refractivity contribution in [3.8, 4) is 0 Å². The first-order valence-electron chi connectivity index (χ1n) is 7.30. The lowest BCUT2D eigenvalue weighted by Crippen LogP contribution is -2.05. The van der Waals surface area contributed by atoms with Gasteiger partial charge in [-0.1, -0.05) is 29.3 Å². The molecule has 0 bridgehead atoms. The molecule has 122 valence electrons. The van der Waals surface area contributed by atoms with Gasteiger partial charge in [-0.25, -0.2) is 4.79 Å². The molecule has 0 radical (unpaired) electrons. The molecular weight excluding hydrogens is 349 g/mol. The molecule has 24 heavy (non-hydrogen) atoms. The lowest BCUT2D eigenvalue weighted by molar-refractivity contribution is 0.0529. The van der Waals surface area contributed by atoms with Crippen LogP contribution in [0, 0.1) is 0 Å². The van der Waals surface area contributed by atoms with E-state index in [2.05, 4.69) is 0 Å². The van der Waals surface area contributed by atoms with Gasteiger partial charge in [-0.3, -0.25) is 4.79 Å². The maximum Gasteiger partial charge on any atom is 0.340 e. The third-order valence-electron chi connectivity index (χ3n) is 3.58. The van der Waals surface area contributed by atoms with Crippen molar-refractivity contribution in [1.29, 1.82) is 0 Å². The molecule has 4 nitrogen and oxygen atoms in total. The standard InChI is InChI=1S/C18H13Cl2NO3/c1-2-24-18(23)13-10-16(21-8-4-3-5-15(13)21)17(22)12-7-6-11(19)9-14(12)20/h3-10H,2H2,1H3. The Morgan fingerprint density at radius 2 is 1.88 bits per heavy atom. The summed E-state index contributed by atoms with van der Waals surface area (Å²) in [6.07, 6.45) is 1.72. The molecule has 0 saturated heterocycles. The van der Waals surface area contributed by atoms with Gasteiger partial charge in [0, 0.05) is 16.8 Å². The summed E-state index contributed by atoms with van der Waals surface area (Å²) in [5, 5.41) is 0.708. The van der Waals surface area contributed by atoms with E-state index in [1.54, 1.807) is 47.9 Å². The number of hydrogen-bond donors (Lipinski definition) is 0. The van der Waals surface area contributed by atoms with E-state index in [-0.39, 0.29) is 17.4 Å². The number of rotatable bonds is 4. The fourth-order valence-corrected chi connectivity index (χ4v) is 3.01. The largest absolute Gasteiger partial charge is 0.462 e. The zero-order chi connectivity index (χ0) is 17.3. The Bertz CT molecular complexity index is 947. The Labute approximate surface area is 148 Å². The average molecular weight is 362 g/mol. The number of benzene rings is 1. The molecule has 3 rings (SSSR count). The molecular formula is C18H13Cl2NO3. The molecule has 0 unspecified atom stereocenters. The highest BCUT2D eigenvalue weighted by atomic mass is 35.5. The Hall–Kier alpha value is -2.30. The normalized spacial score (nSPS) is 10.8. The van der Waals surface area contributed by atoms with Crippen LogP contribution < -0.4 is 0 Å². The van der Waals surface area contributed by atoms with Crippen LogP contribution in [-0.2, 0) is 4.74 Å². The number of carbonyl (C=O) groups excluding carboxylic acids is 2. The third kappa shape index (κ3) is 2.90. The van der Waals surface area contributed by atoms with Crippen molar-refractivity contribution in [2.45, 2.75) is 6.92 Å². The van der Waals surface area contributed by atoms with Gasteiger partial charge in [-0.15, -0.1) is 0 Å². The fraction of sp³-hybridized carbons (Fsp3) is 0.111. The summed E-state index contributed by atoms with van der Waals surface area (Å²) in [6.45, 7) is 1.99. The minimum atomic E-state index is -0.470. The number of esters is 1. The number of nitrogens with zero attached hydrogens (tertiary/aromatic N) is 1. The summed E-state index contributed by atoms with van der Waals surface area (Å²) in [4.78, 5) is 25.0. The Kier molecular flexibility index (Phi) is 4.60. The summed E-state index contributed by atoms with van der Waals surface area (Å²) < 4.78 is 6.72. The van der Waals surface area contributed by atoms with E-state index in [9.17, 15) is 9.59 Å². The molecule has 0 aliphatic heterocycles. The molecule has 0 aliphatic rings. The number of carbonyl (C=O) groups is 2. The number of ether oxygens (including phenoxy) is 1. The van der Waals surface area contributed by atoms with Crippen molar-refractivity contribution < 1.29 is 14.3 Å². The second-order valence-corrected chi connectivity index (χ2v) is 5.92. The fourth-order valence-electron chi connectivity index (χ4n) is 2.51. The van der Waals surface area contributed by atoms with Crippen molar-refractivity contribution in [1.82, 2.24) is 4.40 Å². The lowest BCUT2D eigenvalue weighted by Gasteiger charge is -2.05. The van der Waals surface area contributed by atoms with Gasteiger partial charge in [0.25, 0.3) is 0 Å². The van der Waals surface area contributed by atoms with Crippen molar-refractivity contribution in [2.75, 3.05) is 6.61 Å². The van der Waals surface area contributed by atoms with Crippen molar-refractivity contribution in [3.05, 3.63) is 75.5 Å². The molecule has 0 fully saturated rings. The van der Waals surface area contributed by atoms with Gasteiger partial charge in [-0.05, 0) is 43.3 Å². The molecule has 0 amide bonds. The van der Waals surface area contributed by atoms with Crippen LogP contribution in [-0.4, -0.2) is 22.8 Å². The summed E-state index contributed by atoms with van der Waals surface area (Å²) in [5.41, 5.74) is 1.59. The van der Waals surface area contributed by atoms with E-state index in [1.165, 1.54) is 12.1 Å². The van der Waals surface area contributed by atoms with Gasteiger partial charge in [0.1, 0.15) is 0 Å². The van der Waals surface area contributed by atoms with E-state index in [1.807, 2.05) is 0 Å². The summed E-state index contributed by atoms with van der Waals surface area (Å²) in [5.74, 6) is -0.768. The van der Waals surface area contributed by atoms with Gasteiger partial charge in [0.15, 0.2) is 0 Å². The van der Waals surface area contributed by atoms with Crippen LogP contribution in [0.3, 0.4) is 0 Å². The van der Waals surface area contributed by atoms with Gasteiger partial charge in [0.2, 0.25) is 5.78 Å². The number of aromatic nitrogens is 1. The molecule has 3 aromatic rings. The van der Waals surface area contributed by atoms with Crippen LogP contribution in [0.25, 0.3) is 5.52 Å². The molecule has 0 saturated carbocycles. The highest BCUT2D eigenvalue weighted by Gasteiger charge is 2.22. The maximum absolute atomic E-state index is 12.9. The summed E-state index contributed by atoms with van der Waals surface area (Å²) in [7, 11) is 0. The molecule has 1 aromatic carbocycles. The zero-order valence-electron chi connectivity index (χ0n) is 12.8. The number of hydrogen-bond acceptors (Lipinski definition) is 3. The predicted molar refractivity (Wildman–Crippen MR) is 93.2 cm³/mol. The second kappa shape index (κ2) is 6.67. The monoisotopic (exact) mass is 361 g/mol. The molecule has 2 aromatic heterocycles. The van der Waals surface area contributed by atoms with E-state index in [0.29, 0.717) is 27.4 Å². The van der Waals surface area contributed by atoms with Gasteiger partial charge < -0.3 is 9.14 Å². The quantitative estimate of drug-likeness (QED) is 0.501. The van der Waals surface area contributed by atoms with Crippen molar-refractivity contribution in [2.24, 2.45) is 0 Å². The molecule has 0 spiro atoms. The SMILES string of the molecule is CCOC(=O)c1cc(C(=O)c2ccc(Cl)cc2Cl)n2ccccc12. The van der Waals surface area contributed by atoms with Crippen LogP contribution in [0.4, 0.5) is 0 Å². The van der Waals surface area contributed by atoms with Crippen LogP contribution in [0.2, 0.25) is 10.0 Å². The topological polar surface area (TPSA) is 47.8 Å². The second-order valence-electron chi connectivity index (χ2n) is 5.07. The Balaban J connectivity index is 2.16. The summed E-state index contributed by atoms with van der Waals surface area (Å²) in [6, 6.07) is 11.5. The van der Waals surface area contributed by atoms with E-state index < -0.39 is 5.97 Å². The van der Waals surface area contributed by atoms with Crippen LogP contribution in [0.15, 0.2) is 48.7 Å². The number of pyridine rings is 1. The molecule has 2 heterocycles. The first-order valence-corrected chi connectivity index (χ1v) is 8.05. The molecule has 0 aliphatic carbocycles. The van der Waals surface area contributed by atoms with E-state index in [4.69, 9.17) is 27.9 Å². The molecule has 6 heteroatoms. The highest BCUT2D eigenvalue weighted by Crippen LogP contribution is 2.26. The van der Waals surface area contributed by atoms with Gasteiger partial charge in [0.05, 0.1) is 28.4 Å². The predicted octanol–water partition coefficient (Wildman–Crippen LogP) is 4.65. The van der Waals surface area contributed by atoms with Crippen molar-refractivity contribution in [3.63, 3.8) is 0 Å². The maximum atomic E-state index is 12.9. The Morgan fingerprint density at radius 3 is 2.58 bits per heavy atom. The van der Waals surface area contributed by atoms with Crippen LogP contribution in [0.1, 0.15) is 33.3 Å². The van der Waals surface area contributed by atoms with E-state index >= 15 is 0 Å². The first kappa shape index (κ1) is 16.6. The van der Waals surface area contributed by atoms with E-state index in [0.717, 1.165) is 0 Å². The number of fused-ring (bicyclic) bond motifs is 1. The number of ketones is 1. The Morgan fingerprint density at radius 1 is 1.08 bits per heavy atom. The highest BCUT2D eigenvalue weighted by molar-refractivity contribution is 6.37. The summed E-state index contributed by atoms with van der Waals surface area (Å²) >= 11 is 12.0. The third-order valence-corrected chi connectivity index (χ3v) is 4.13. The van der Waals surface area contributed by atoms with Crippen LogP contribution in [0.5, 0.6) is 0 Å². The average Bonchev–Trinajstić information content (AvgIpc) is 2.94. The number of halogens is 2. The zero-order valence-corrected chi connectivity index (χ0v) is 14.3. The van der Waals surface area contributed by atoms with Gasteiger partial charge in [-0.2, -0.15) is 0 Å². The van der Waals surface area contributed by atoms with Crippen LogP contribution >= 0.6 is 23.2 Å². The minimum Gasteiger partial charge on any atom is -0.462 e. The smallest absolute Gasteiger partial charge is 0.340 e. The lowest BCUT2D eigenvalue weighted by atomic mass is 10.1. The minimum absolute atomic E-state index is 0.259. The van der Waals surface area contributed by atoms with Crippen molar-refractivity contribution >= 4 is 40.5 Å².